The first-order valence-electron chi connectivity index (χ1n) is 6.01. The molecular weight excluding hydrogens is 222 g/mol. The van der Waals surface area contributed by atoms with E-state index in [9.17, 15) is 5.11 Å². The smallest absolute Gasteiger partial charge is 0.119 e. The fourth-order valence-electron chi connectivity index (χ4n) is 2.85. The Kier molecular flexibility index (Phi) is 1.78. The Morgan fingerprint density at radius 1 is 0.944 bits per heavy atom. The number of pyridine rings is 1. The lowest BCUT2D eigenvalue weighted by Gasteiger charge is -2.04. The van der Waals surface area contributed by atoms with E-state index in [-0.39, 0.29) is 0 Å². The SMILES string of the molecule is Oc1cccc2c1Cc1c-2ccc2ccncc12. The van der Waals surface area contributed by atoms with Crippen LogP contribution in [0, 0.1) is 0 Å². The second-order valence-corrected chi connectivity index (χ2v) is 4.67. The zero-order valence-electron chi connectivity index (χ0n) is 9.72. The van der Waals surface area contributed by atoms with Crippen LogP contribution in [-0.2, 0) is 6.42 Å². The van der Waals surface area contributed by atoms with Gasteiger partial charge < -0.3 is 5.11 Å². The average molecular weight is 233 g/mol. The van der Waals surface area contributed by atoms with E-state index in [0.717, 1.165) is 17.5 Å². The average Bonchev–Trinajstić information content (AvgIpc) is 2.79. The zero-order chi connectivity index (χ0) is 12.1. The quantitative estimate of drug-likeness (QED) is 0.504. The van der Waals surface area contributed by atoms with Crippen molar-refractivity contribution >= 4 is 10.8 Å². The predicted octanol–water partition coefficient (Wildman–Crippen LogP) is 3.51. The molecule has 0 saturated carbocycles. The lowest BCUT2D eigenvalue weighted by molar-refractivity contribution is 0.470. The van der Waals surface area contributed by atoms with Gasteiger partial charge in [-0.15, -0.1) is 0 Å². The normalized spacial score (nSPS) is 12.4. The van der Waals surface area contributed by atoms with Crippen molar-refractivity contribution in [3.63, 3.8) is 0 Å². The Balaban J connectivity index is 2.10. The van der Waals surface area contributed by atoms with Crippen LogP contribution in [0.25, 0.3) is 21.9 Å². The fraction of sp³-hybridized carbons (Fsp3) is 0.0625. The van der Waals surface area contributed by atoms with Crippen LogP contribution in [-0.4, -0.2) is 10.1 Å². The van der Waals surface area contributed by atoms with E-state index in [4.69, 9.17) is 0 Å². The largest absolute Gasteiger partial charge is 0.508 e. The van der Waals surface area contributed by atoms with E-state index in [2.05, 4.69) is 23.2 Å². The van der Waals surface area contributed by atoms with Crippen LogP contribution >= 0.6 is 0 Å². The van der Waals surface area contributed by atoms with Crippen LogP contribution in [0.1, 0.15) is 11.1 Å². The summed E-state index contributed by atoms with van der Waals surface area (Å²) in [5, 5.41) is 12.4. The van der Waals surface area contributed by atoms with Gasteiger partial charge in [-0.05, 0) is 34.2 Å². The Morgan fingerprint density at radius 2 is 1.83 bits per heavy atom. The maximum atomic E-state index is 9.96. The number of phenolic OH excluding ortho intramolecular Hbond substituents is 1. The van der Waals surface area contributed by atoms with Crippen molar-refractivity contribution in [2.45, 2.75) is 6.42 Å². The summed E-state index contributed by atoms with van der Waals surface area (Å²) in [4.78, 5) is 4.21. The van der Waals surface area contributed by atoms with Crippen LogP contribution in [0.4, 0.5) is 0 Å². The predicted molar refractivity (Wildman–Crippen MR) is 71.6 cm³/mol. The highest BCUT2D eigenvalue weighted by Crippen LogP contribution is 2.43. The Hall–Kier alpha value is -2.35. The minimum absolute atomic E-state index is 0.390. The molecule has 86 valence electrons. The third-order valence-corrected chi connectivity index (χ3v) is 3.73. The Bertz CT molecular complexity index is 777. The number of hydrogen-bond acceptors (Lipinski definition) is 2. The lowest BCUT2D eigenvalue weighted by Crippen LogP contribution is -1.85. The first-order valence-corrected chi connectivity index (χ1v) is 6.01. The highest BCUT2D eigenvalue weighted by atomic mass is 16.3. The van der Waals surface area contributed by atoms with Crippen LogP contribution < -0.4 is 0 Å². The molecule has 0 saturated heterocycles. The van der Waals surface area contributed by atoms with Crippen LogP contribution in [0.2, 0.25) is 0 Å². The van der Waals surface area contributed by atoms with Crippen molar-refractivity contribution < 1.29 is 5.11 Å². The third kappa shape index (κ3) is 1.15. The van der Waals surface area contributed by atoms with E-state index in [1.54, 1.807) is 6.07 Å². The van der Waals surface area contributed by atoms with Gasteiger partial charge >= 0.3 is 0 Å². The van der Waals surface area contributed by atoms with E-state index in [0.29, 0.717) is 5.75 Å². The highest BCUT2D eigenvalue weighted by Gasteiger charge is 2.22. The summed E-state index contributed by atoms with van der Waals surface area (Å²) in [7, 11) is 0. The highest BCUT2D eigenvalue weighted by molar-refractivity contribution is 5.95. The van der Waals surface area contributed by atoms with Crippen molar-refractivity contribution in [3.05, 3.63) is 59.9 Å². The van der Waals surface area contributed by atoms with Crippen molar-refractivity contribution in [1.82, 2.24) is 4.98 Å². The summed E-state index contributed by atoms with van der Waals surface area (Å²) in [6.45, 7) is 0. The molecule has 0 bridgehead atoms. The number of aromatic nitrogens is 1. The summed E-state index contributed by atoms with van der Waals surface area (Å²) >= 11 is 0. The number of hydrogen-bond donors (Lipinski definition) is 1. The molecule has 0 fully saturated rings. The molecule has 0 radical (unpaired) electrons. The van der Waals surface area contributed by atoms with Gasteiger partial charge in [0.25, 0.3) is 0 Å². The molecular formula is C16H11NO. The van der Waals surface area contributed by atoms with E-state index in [1.165, 1.54) is 21.9 Å². The molecule has 0 atom stereocenters. The Labute approximate surface area is 105 Å². The minimum atomic E-state index is 0.390. The van der Waals surface area contributed by atoms with Crippen LogP contribution in [0.15, 0.2) is 48.8 Å². The molecule has 4 rings (SSSR count). The molecule has 0 aliphatic heterocycles. The number of nitrogens with zero attached hydrogens (tertiary/aromatic N) is 1. The minimum Gasteiger partial charge on any atom is -0.508 e. The van der Waals surface area contributed by atoms with Crippen molar-refractivity contribution in [1.29, 1.82) is 0 Å². The van der Waals surface area contributed by atoms with Crippen LogP contribution in [0.5, 0.6) is 5.75 Å². The number of aromatic hydroxyl groups is 1. The first-order chi connectivity index (χ1) is 8.84. The molecule has 1 aromatic heterocycles. The number of phenols is 1. The molecule has 1 heterocycles. The van der Waals surface area contributed by atoms with E-state index < -0.39 is 0 Å². The molecule has 2 heteroatoms. The van der Waals surface area contributed by atoms with Gasteiger partial charge in [-0.25, -0.2) is 0 Å². The number of benzene rings is 2. The third-order valence-electron chi connectivity index (χ3n) is 3.73. The standard InChI is InChI=1S/C16H11NO/c18-16-3-1-2-11-12-5-4-10-6-7-17-9-15(10)13(12)8-14(11)16/h1-7,9,18H,8H2. The molecule has 0 amide bonds. The van der Waals surface area contributed by atoms with Gasteiger partial charge in [0.1, 0.15) is 5.75 Å². The second-order valence-electron chi connectivity index (χ2n) is 4.67. The topological polar surface area (TPSA) is 33.1 Å². The molecule has 1 N–H and O–H groups in total. The van der Waals surface area contributed by atoms with Gasteiger partial charge in [0.2, 0.25) is 0 Å². The molecule has 1 aliphatic rings. The summed E-state index contributed by atoms with van der Waals surface area (Å²) < 4.78 is 0. The van der Waals surface area contributed by atoms with Crippen molar-refractivity contribution in [2.75, 3.05) is 0 Å². The molecule has 18 heavy (non-hydrogen) atoms. The van der Waals surface area contributed by atoms with Gasteiger partial charge in [0.15, 0.2) is 0 Å². The zero-order valence-corrected chi connectivity index (χ0v) is 9.72. The van der Waals surface area contributed by atoms with Gasteiger partial charge in [0, 0.05) is 29.8 Å². The summed E-state index contributed by atoms with van der Waals surface area (Å²) in [5.41, 5.74) is 4.68. The number of rotatable bonds is 0. The molecule has 2 nitrogen and oxygen atoms in total. The molecule has 0 unspecified atom stereocenters. The van der Waals surface area contributed by atoms with E-state index in [1.807, 2.05) is 24.5 Å². The maximum Gasteiger partial charge on any atom is 0.119 e. The number of fused-ring (bicyclic) bond motifs is 5. The molecule has 0 spiro atoms. The van der Waals surface area contributed by atoms with Crippen molar-refractivity contribution in [3.8, 4) is 16.9 Å². The summed E-state index contributed by atoms with van der Waals surface area (Å²) in [6, 6.07) is 12.0. The van der Waals surface area contributed by atoms with Crippen molar-refractivity contribution in [2.24, 2.45) is 0 Å². The summed E-state index contributed by atoms with van der Waals surface area (Å²) in [5.74, 6) is 0.390. The van der Waals surface area contributed by atoms with Gasteiger partial charge in [-0.3, -0.25) is 4.98 Å². The van der Waals surface area contributed by atoms with E-state index >= 15 is 0 Å². The molecule has 3 aromatic rings. The van der Waals surface area contributed by atoms with Gasteiger partial charge in [-0.2, -0.15) is 0 Å². The second kappa shape index (κ2) is 3.33. The monoisotopic (exact) mass is 233 g/mol. The molecule has 2 aromatic carbocycles. The maximum absolute atomic E-state index is 9.96. The van der Waals surface area contributed by atoms with Gasteiger partial charge in [-0.1, -0.05) is 24.3 Å². The Morgan fingerprint density at radius 3 is 2.78 bits per heavy atom. The lowest BCUT2D eigenvalue weighted by atomic mass is 10.0. The van der Waals surface area contributed by atoms with Gasteiger partial charge in [0.05, 0.1) is 0 Å². The first kappa shape index (κ1) is 9.66. The van der Waals surface area contributed by atoms with Crippen LogP contribution in [0.3, 0.4) is 0 Å². The fourth-order valence-corrected chi connectivity index (χ4v) is 2.85. The molecule has 1 aliphatic carbocycles. The summed E-state index contributed by atoms with van der Waals surface area (Å²) in [6.07, 6.45) is 4.52.